The summed E-state index contributed by atoms with van der Waals surface area (Å²) < 4.78 is 1.80. The quantitative estimate of drug-likeness (QED) is 0.729. The number of nitrogens with zero attached hydrogens (tertiary/aromatic N) is 4. The highest BCUT2D eigenvalue weighted by Gasteiger charge is 2.21. The number of amides is 1. The number of imidazole rings is 1. The summed E-state index contributed by atoms with van der Waals surface area (Å²) in [6.45, 7) is 5.30. The molecule has 140 valence electrons. The number of aromatic nitrogens is 4. The summed E-state index contributed by atoms with van der Waals surface area (Å²) in [4.78, 5) is 22.3. The lowest BCUT2D eigenvalue weighted by Gasteiger charge is -2.31. The molecule has 1 amide bonds. The number of piperidine rings is 1. The number of para-hydroxylation sites is 1. The average molecular weight is 364 g/mol. The van der Waals surface area contributed by atoms with Gasteiger partial charge in [-0.2, -0.15) is 5.10 Å². The van der Waals surface area contributed by atoms with Crippen molar-refractivity contribution >= 4 is 5.91 Å². The molecule has 0 spiro atoms. The zero-order chi connectivity index (χ0) is 18.6. The number of H-pyrrole nitrogens is 1. The van der Waals surface area contributed by atoms with Gasteiger partial charge in [0.1, 0.15) is 0 Å². The van der Waals surface area contributed by atoms with E-state index in [1.807, 2.05) is 36.5 Å². The third-order valence-electron chi connectivity index (χ3n) is 5.08. The van der Waals surface area contributed by atoms with Gasteiger partial charge in [0, 0.05) is 30.9 Å². The van der Waals surface area contributed by atoms with Crippen molar-refractivity contribution in [2.24, 2.45) is 0 Å². The molecule has 4 rings (SSSR count). The molecule has 1 aliphatic rings. The van der Waals surface area contributed by atoms with E-state index >= 15 is 0 Å². The molecule has 1 saturated heterocycles. The van der Waals surface area contributed by atoms with Gasteiger partial charge < -0.3 is 15.2 Å². The van der Waals surface area contributed by atoms with Crippen LogP contribution in [0.15, 0.2) is 48.9 Å². The summed E-state index contributed by atoms with van der Waals surface area (Å²) in [5.74, 6) is 0.196. The van der Waals surface area contributed by atoms with Gasteiger partial charge in [0.25, 0.3) is 5.91 Å². The van der Waals surface area contributed by atoms with Gasteiger partial charge in [-0.15, -0.1) is 0 Å². The molecule has 1 fully saturated rings. The fourth-order valence-electron chi connectivity index (χ4n) is 3.41. The van der Waals surface area contributed by atoms with Crippen LogP contribution in [-0.2, 0) is 0 Å². The molecule has 0 atom stereocenters. The van der Waals surface area contributed by atoms with Crippen molar-refractivity contribution in [3.8, 4) is 16.9 Å². The van der Waals surface area contributed by atoms with Gasteiger partial charge in [-0.25, -0.2) is 9.67 Å². The van der Waals surface area contributed by atoms with Crippen molar-refractivity contribution in [1.82, 2.24) is 30.0 Å². The number of carbonyl (C=O) groups is 1. The van der Waals surface area contributed by atoms with E-state index in [0.717, 1.165) is 49.4 Å². The molecule has 7 heteroatoms. The van der Waals surface area contributed by atoms with Crippen LogP contribution in [0, 0.1) is 0 Å². The summed E-state index contributed by atoms with van der Waals surface area (Å²) >= 11 is 0. The Balaban J connectivity index is 1.41. The zero-order valence-electron chi connectivity index (χ0n) is 15.4. The van der Waals surface area contributed by atoms with Crippen LogP contribution in [0.4, 0.5) is 0 Å². The predicted octanol–water partition coefficient (Wildman–Crippen LogP) is 2.48. The van der Waals surface area contributed by atoms with E-state index in [2.05, 4.69) is 32.2 Å². The summed E-state index contributed by atoms with van der Waals surface area (Å²) in [5, 5.41) is 7.48. The Hall–Kier alpha value is -2.93. The first-order valence-corrected chi connectivity index (χ1v) is 9.41. The number of rotatable bonds is 5. The van der Waals surface area contributed by atoms with Crippen molar-refractivity contribution in [3.05, 3.63) is 54.7 Å². The van der Waals surface area contributed by atoms with Crippen molar-refractivity contribution in [3.63, 3.8) is 0 Å². The maximum Gasteiger partial charge on any atom is 0.287 e. The normalized spacial score (nSPS) is 15.7. The van der Waals surface area contributed by atoms with Crippen LogP contribution < -0.4 is 5.32 Å². The largest absolute Gasteiger partial charge is 0.347 e. The molecule has 7 nitrogen and oxygen atoms in total. The number of carbonyl (C=O) groups excluding carboxylic acids is 1. The number of aromatic amines is 1. The topological polar surface area (TPSA) is 78.8 Å². The second-order valence-corrected chi connectivity index (χ2v) is 6.84. The first-order chi connectivity index (χ1) is 13.2. The van der Waals surface area contributed by atoms with Crippen molar-refractivity contribution in [2.75, 3.05) is 19.6 Å². The van der Waals surface area contributed by atoms with Crippen molar-refractivity contribution in [1.29, 1.82) is 0 Å². The Morgan fingerprint density at radius 3 is 2.74 bits per heavy atom. The lowest BCUT2D eigenvalue weighted by molar-refractivity contribution is 0.0903. The van der Waals surface area contributed by atoms with Crippen LogP contribution in [0.2, 0.25) is 0 Å². The van der Waals surface area contributed by atoms with E-state index in [4.69, 9.17) is 0 Å². The zero-order valence-corrected chi connectivity index (χ0v) is 15.4. The van der Waals surface area contributed by atoms with Gasteiger partial charge in [-0.1, -0.05) is 25.1 Å². The summed E-state index contributed by atoms with van der Waals surface area (Å²) in [5.41, 5.74) is 2.66. The molecule has 2 N–H and O–H groups in total. The van der Waals surface area contributed by atoms with Crippen molar-refractivity contribution in [2.45, 2.75) is 25.8 Å². The van der Waals surface area contributed by atoms with Crippen LogP contribution >= 0.6 is 0 Å². The second-order valence-electron chi connectivity index (χ2n) is 6.84. The van der Waals surface area contributed by atoms with Gasteiger partial charge in [-0.05, 0) is 31.5 Å². The molecule has 0 unspecified atom stereocenters. The monoisotopic (exact) mass is 364 g/mol. The van der Waals surface area contributed by atoms with Crippen LogP contribution in [-0.4, -0.2) is 56.2 Å². The molecular weight excluding hydrogens is 340 g/mol. The molecule has 0 saturated carbocycles. The fraction of sp³-hybridized carbons (Fsp3) is 0.350. The minimum absolute atomic E-state index is 0.147. The Bertz CT molecular complexity index is 892. The summed E-state index contributed by atoms with van der Waals surface area (Å²) in [6.07, 6.45) is 7.34. The minimum Gasteiger partial charge on any atom is -0.347 e. The molecule has 1 aromatic carbocycles. The molecule has 1 aliphatic heterocycles. The molecule has 27 heavy (non-hydrogen) atoms. The number of hydrogen-bond donors (Lipinski definition) is 2. The Kier molecular flexibility index (Phi) is 5.02. The minimum atomic E-state index is -0.147. The molecule has 3 aromatic rings. The van der Waals surface area contributed by atoms with E-state index in [0.29, 0.717) is 5.82 Å². The Morgan fingerprint density at radius 2 is 2.00 bits per heavy atom. The van der Waals surface area contributed by atoms with E-state index in [1.54, 1.807) is 17.1 Å². The van der Waals surface area contributed by atoms with Crippen molar-refractivity contribution < 1.29 is 4.79 Å². The number of benzene rings is 1. The molecule has 0 radical (unpaired) electrons. The lowest BCUT2D eigenvalue weighted by Crippen LogP contribution is -2.44. The summed E-state index contributed by atoms with van der Waals surface area (Å²) in [6, 6.07) is 10.1. The van der Waals surface area contributed by atoms with E-state index in [9.17, 15) is 4.79 Å². The van der Waals surface area contributed by atoms with E-state index < -0.39 is 0 Å². The average Bonchev–Trinajstić information content (AvgIpc) is 3.39. The molecule has 3 heterocycles. The predicted molar refractivity (Wildman–Crippen MR) is 104 cm³/mol. The maximum absolute atomic E-state index is 12.5. The van der Waals surface area contributed by atoms with E-state index in [1.165, 1.54) is 0 Å². The van der Waals surface area contributed by atoms with Gasteiger partial charge >= 0.3 is 0 Å². The maximum atomic E-state index is 12.5. The lowest BCUT2D eigenvalue weighted by atomic mass is 10.1. The highest BCUT2D eigenvalue weighted by molar-refractivity contribution is 5.91. The molecular formula is C20H24N6O. The van der Waals surface area contributed by atoms with E-state index in [-0.39, 0.29) is 11.9 Å². The van der Waals surface area contributed by atoms with Gasteiger partial charge in [0.05, 0.1) is 23.8 Å². The first kappa shape index (κ1) is 17.5. The summed E-state index contributed by atoms with van der Waals surface area (Å²) in [7, 11) is 0. The second kappa shape index (κ2) is 7.75. The van der Waals surface area contributed by atoms with Gasteiger partial charge in [-0.3, -0.25) is 4.79 Å². The highest BCUT2D eigenvalue weighted by Crippen LogP contribution is 2.18. The molecule has 2 aromatic heterocycles. The van der Waals surface area contributed by atoms with Crippen LogP contribution in [0.25, 0.3) is 16.9 Å². The fourth-order valence-corrected chi connectivity index (χ4v) is 3.41. The first-order valence-electron chi connectivity index (χ1n) is 9.41. The standard InChI is InChI=1S/C20H24N6O/c1-2-25-10-8-16(9-11-25)23-20(27)19-21-13-18(24-19)15-12-22-26(14-15)17-6-4-3-5-7-17/h3-7,12-14,16H,2,8-11H2,1H3,(H,21,24)(H,23,27). The van der Waals surface area contributed by atoms with Gasteiger partial charge in [0.15, 0.2) is 5.82 Å². The number of likely N-dealkylation sites (tertiary alicyclic amines) is 1. The Morgan fingerprint density at radius 1 is 1.22 bits per heavy atom. The third kappa shape index (κ3) is 3.93. The van der Waals surface area contributed by atoms with Crippen LogP contribution in [0.3, 0.4) is 0 Å². The Labute approximate surface area is 158 Å². The molecule has 0 bridgehead atoms. The smallest absolute Gasteiger partial charge is 0.287 e. The van der Waals surface area contributed by atoms with Gasteiger partial charge in [0.2, 0.25) is 0 Å². The van der Waals surface area contributed by atoms with Crippen LogP contribution in [0.5, 0.6) is 0 Å². The highest BCUT2D eigenvalue weighted by atomic mass is 16.2. The van der Waals surface area contributed by atoms with Crippen LogP contribution in [0.1, 0.15) is 30.4 Å². The SMILES string of the molecule is CCN1CCC(NC(=O)c2ncc(-c3cnn(-c4ccccc4)c3)[nH]2)CC1. The molecule has 0 aliphatic carbocycles. The number of nitrogens with one attached hydrogen (secondary N) is 2. The number of hydrogen-bond acceptors (Lipinski definition) is 4. The third-order valence-corrected chi connectivity index (χ3v) is 5.08.